The first-order valence-corrected chi connectivity index (χ1v) is 12.1. The van der Waals surface area contributed by atoms with Crippen molar-refractivity contribution in [3.05, 3.63) is 69.6 Å². The molecule has 35 heavy (non-hydrogen) atoms. The van der Waals surface area contributed by atoms with Crippen molar-refractivity contribution in [2.75, 3.05) is 26.9 Å². The van der Waals surface area contributed by atoms with Crippen molar-refractivity contribution in [1.29, 1.82) is 0 Å². The topological polar surface area (TPSA) is 78.2 Å². The fraction of sp³-hybridized carbons (Fsp3) is 0.429. The molecule has 2 heterocycles. The fourth-order valence-corrected chi connectivity index (χ4v) is 4.33. The summed E-state index contributed by atoms with van der Waals surface area (Å²) in [7, 11) is 1.58. The van der Waals surface area contributed by atoms with Crippen molar-refractivity contribution in [3.8, 4) is 11.5 Å². The Morgan fingerprint density at radius 3 is 2.51 bits per heavy atom. The van der Waals surface area contributed by atoms with Gasteiger partial charge in [0.05, 0.1) is 36.8 Å². The van der Waals surface area contributed by atoms with Crippen LogP contribution in [0.4, 0.5) is 0 Å². The molecule has 1 aliphatic rings. The van der Waals surface area contributed by atoms with Crippen LogP contribution in [0.15, 0.2) is 51.7 Å². The van der Waals surface area contributed by atoms with Gasteiger partial charge in [-0.15, -0.1) is 0 Å². The number of benzene rings is 2. The van der Waals surface area contributed by atoms with E-state index in [1.807, 2.05) is 32.0 Å². The number of carbonyl (C=O) groups is 1. The first-order valence-electron chi connectivity index (χ1n) is 12.1. The van der Waals surface area contributed by atoms with E-state index < -0.39 is 6.04 Å². The van der Waals surface area contributed by atoms with Crippen LogP contribution in [0, 0.1) is 5.92 Å². The van der Waals surface area contributed by atoms with Crippen molar-refractivity contribution in [1.82, 2.24) is 4.90 Å². The summed E-state index contributed by atoms with van der Waals surface area (Å²) in [6, 6.07) is 12.0. The Hall–Kier alpha value is -3.32. The number of hydrogen-bond donors (Lipinski definition) is 0. The fourth-order valence-electron chi connectivity index (χ4n) is 4.33. The second kappa shape index (κ2) is 10.5. The van der Waals surface area contributed by atoms with Crippen LogP contribution < -0.4 is 14.9 Å². The molecule has 0 saturated carbocycles. The van der Waals surface area contributed by atoms with Gasteiger partial charge in [0, 0.05) is 13.2 Å². The highest BCUT2D eigenvalue weighted by Crippen LogP contribution is 2.41. The highest BCUT2D eigenvalue weighted by atomic mass is 16.5. The Bertz CT molecular complexity index is 1260. The normalized spacial score (nSPS) is 15.3. The molecule has 4 rings (SSSR count). The van der Waals surface area contributed by atoms with Gasteiger partial charge < -0.3 is 23.5 Å². The summed E-state index contributed by atoms with van der Waals surface area (Å²) in [5.74, 6) is 1.34. The number of nitrogens with zero attached hydrogens (tertiary/aromatic N) is 1. The number of ether oxygens (including phenoxy) is 3. The lowest BCUT2D eigenvalue weighted by molar-refractivity contribution is 0.0593. The third-order valence-electron chi connectivity index (χ3n) is 5.94. The molecule has 1 aromatic heterocycles. The SMILES string of the molecule is COc1cc([C@@H]2c3c(oc4ccccc4c3=O)C(=O)N2CCCOC(C)C)ccc1OCC(C)C. The van der Waals surface area contributed by atoms with Crippen LogP contribution in [0.5, 0.6) is 11.5 Å². The largest absolute Gasteiger partial charge is 0.493 e. The number of amides is 1. The number of rotatable bonds is 10. The smallest absolute Gasteiger partial charge is 0.290 e. The van der Waals surface area contributed by atoms with E-state index in [1.165, 1.54) is 0 Å². The number of carbonyl (C=O) groups excluding carboxylic acids is 1. The number of para-hydroxylation sites is 1. The molecule has 0 aliphatic carbocycles. The zero-order chi connectivity index (χ0) is 25.1. The minimum absolute atomic E-state index is 0.0996. The molecule has 2 aromatic carbocycles. The Morgan fingerprint density at radius 1 is 1.03 bits per heavy atom. The number of fused-ring (bicyclic) bond motifs is 2. The maximum Gasteiger partial charge on any atom is 0.290 e. The summed E-state index contributed by atoms with van der Waals surface area (Å²) in [5.41, 5.74) is 1.33. The number of hydrogen-bond acceptors (Lipinski definition) is 6. The summed E-state index contributed by atoms with van der Waals surface area (Å²) in [5, 5.41) is 0.456. The van der Waals surface area contributed by atoms with Crippen molar-refractivity contribution in [2.45, 2.75) is 46.3 Å². The van der Waals surface area contributed by atoms with Gasteiger partial charge in [-0.25, -0.2) is 0 Å². The van der Waals surface area contributed by atoms with Gasteiger partial charge in [0.25, 0.3) is 5.91 Å². The summed E-state index contributed by atoms with van der Waals surface area (Å²) >= 11 is 0. The lowest BCUT2D eigenvalue weighted by Crippen LogP contribution is -2.31. The van der Waals surface area contributed by atoms with Crippen LogP contribution in [-0.2, 0) is 4.74 Å². The second-order valence-electron chi connectivity index (χ2n) is 9.46. The monoisotopic (exact) mass is 479 g/mol. The molecular formula is C28H33NO6. The van der Waals surface area contributed by atoms with Gasteiger partial charge in [0.15, 0.2) is 16.9 Å². The highest BCUT2D eigenvalue weighted by Gasteiger charge is 2.42. The van der Waals surface area contributed by atoms with Crippen LogP contribution in [0.1, 0.15) is 61.8 Å². The van der Waals surface area contributed by atoms with E-state index in [2.05, 4.69) is 13.8 Å². The third-order valence-corrected chi connectivity index (χ3v) is 5.94. The molecule has 0 bridgehead atoms. The Balaban J connectivity index is 1.78. The van der Waals surface area contributed by atoms with Crippen LogP contribution in [0.3, 0.4) is 0 Å². The van der Waals surface area contributed by atoms with Crippen LogP contribution >= 0.6 is 0 Å². The molecule has 0 N–H and O–H groups in total. The average molecular weight is 480 g/mol. The maximum absolute atomic E-state index is 13.6. The van der Waals surface area contributed by atoms with Crippen molar-refractivity contribution in [2.24, 2.45) is 5.92 Å². The van der Waals surface area contributed by atoms with Crippen molar-refractivity contribution >= 4 is 16.9 Å². The van der Waals surface area contributed by atoms with E-state index >= 15 is 0 Å². The molecule has 1 amide bonds. The Kier molecular flexibility index (Phi) is 7.45. The molecule has 1 atom stereocenters. The molecule has 0 unspecified atom stereocenters. The van der Waals surface area contributed by atoms with Gasteiger partial charge in [0.1, 0.15) is 5.58 Å². The molecule has 0 spiro atoms. The van der Waals surface area contributed by atoms with E-state index in [0.717, 1.165) is 5.56 Å². The Labute approximate surface area is 205 Å². The van der Waals surface area contributed by atoms with Crippen molar-refractivity contribution < 1.29 is 23.4 Å². The standard InChI is InChI=1S/C28H33NO6/c1-17(2)16-34-22-12-11-19(15-23(22)32-5)25-24-26(30)20-9-6-7-10-21(20)35-27(24)28(31)29(25)13-8-14-33-18(3)4/h6-7,9-12,15,17-18,25H,8,13-14,16H2,1-5H3/t25-/m1/s1. The molecule has 0 fully saturated rings. The van der Waals surface area contributed by atoms with Gasteiger partial charge in [0.2, 0.25) is 5.76 Å². The van der Waals surface area contributed by atoms with E-state index in [4.69, 9.17) is 18.6 Å². The van der Waals surface area contributed by atoms with E-state index in [-0.39, 0.29) is 23.2 Å². The van der Waals surface area contributed by atoms with Crippen LogP contribution in [-0.4, -0.2) is 43.8 Å². The summed E-state index contributed by atoms with van der Waals surface area (Å²) < 4.78 is 23.2. The van der Waals surface area contributed by atoms with Crippen LogP contribution in [0.25, 0.3) is 11.0 Å². The molecule has 186 valence electrons. The van der Waals surface area contributed by atoms with Crippen molar-refractivity contribution in [3.63, 3.8) is 0 Å². The van der Waals surface area contributed by atoms with E-state index in [0.29, 0.717) is 60.1 Å². The quantitative estimate of drug-likeness (QED) is 0.372. The molecular weight excluding hydrogens is 446 g/mol. The lowest BCUT2D eigenvalue weighted by atomic mass is 9.98. The molecule has 1 aliphatic heterocycles. The highest BCUT2D eigenvalue weighted by molar-refractivity contribution is 5.99. The predicted molar refractivity (Wildman–Crippen MR) is 134 cm³/mol. The van der Waals surface area contributed by atoms with Gasteiger partial charge in [-0.1, -0.05) is 32.0 Å². The average Bonchev–Trinajstić information content (AvgIpc) is 3.12. The maximum atomic E-state index is 13.6. The zero-order valence-electron chi connectivity index (χ0n) is 21.0. The zero-order valence-corrected chi connectivity index (χ0v) is 21.0. The van der Waals surface area contributed by atoms with Gasteiger partial charge in [-0.2, -0.15) is 0 Å². The number of methoxy groups -OCH3 is 1. The first-order chi connectivity index (χ1) is 16.8. The van der Waals surface area contributed by atoms with Gasteiger partial charge >= 0.3 is 0 Å². The third kappa shape index (κ3) is 5.05. The minimum Gasteiger partial charge on any atom is -0.493 e. The molecule has 7 heteroatoms. The molecule has 7 nitrogen and oxygen atoms in total. The first kappa shape index (κ1) is 24.8. The predicted octanol–water partition coefficient (Wildman–Crippen LogP) is 5.20. The Morgan fingerprint density at radius 2 is 1.80 bits per heavy atom. The molecule has 0 saturated heterocycles. The van der Waals surface area contributed by atoms with Gasteiger partial charge in [-0.05, 0) is 56.0 Å². The molecule has 3 aromatic rings. The second-order valence-corrected chi connectivity index (χ2v) is 9.46. The summed E-state index contributed by atoms with van der Waals surface area (Å²) in [4.78, 5) is 28.8. The minimum atomic E-state index is -0.592. The summed E-state index contributed by atoms with van der Waals surface area (Å²) in [6.07, 6.45) is 0.739. The van der Waals surface area contributed by atoms with Crippen LogP contribution in [0.2, 0.25) is 0 Å². The van der Waals surface area contributed by atoms with E-state index in [1.54, 1.807) is 36.3 Å². The summed E-state index contributed by atoms with van der Waals surface area (Å²) in [6.45, 7) is 9.59. The van der Waals surface area contributed by atoms with Gasteiger partial charge in [-0.3, -0.25) is 9.59 Å². The lowest BCUT2D eigenvalue weighted by Gasteiger charge is -2.26. The molecule has 0 radical (unpaired) electrons. The van der Waals surface area contributed by atoms with E-state index in [9.17, 15) is 9.59 Å².